The second-order valence-electron chi connectivity index (χ2n) is 5.46. The highest BCUT2D eigenvalue weighted by Gasteiger charge is 2.44. The van der Waals surface area contributed by atoms with Crippen LogP contribution in [-0.2, 0) is 6.42 Å². The molecule has 1 aromatic rings. The van der Waals surface area contributed by atoms with Gasteiger partial charge in [0, 0.05) is 41.8 Å². The van der Waals surface area contributed by atoms with Crippen molar-refractivity contribution < 1.29 is 9.90 Å². The molecule has 1 amide bonds. The van der Waals surface area contributed by atoms with Crippen molar-refractivity contribution >= 4 is 29.3 Å². The fourth-order valence-corrected chi connectivity index (χ4v) is 3.75. The molecule has 2 heterocycles. The van der Waals surface area contributed by atoms with Gasteiger partial charge >= 0.3 is 6.09 Å². The number of hydrogen-bond acceptors (Lipinski definition) is 2. The van der Waals surface area contributed by atoms with E-state index in [1.54, 1.807) is 11.0 Å². The lowest BCUT2D eigenvalue weighted by Crippen LogP contribution is -2.48. The number of nitrogens with zero attached hydrogens (tertiary/aromatic N) is 2. The molecule has 0 radical (unpaired) electrons. The first-order chi connectivity index (χ1) is 9.54. The highest BCUT2D eigenvalue weighted by molar-refractivity contribution is 6.35. The Bertz CT molecular complexity index is 538. The lowest BCUT2D eigenvalue weighted by atomic mass is 10.1. The third-order valence-corrected chi connectivity index (χ3v) is 4.87. The van der Waals surface area contributed by atoms with Crippen molar-refractivity contribution in [3.8, 4) is 0 Å². The number of rotatable bonds is 3. The van der Waals surface area contributed by atoms with Gasteiger partial charge in [-0.05, 0) is 30.5 Å². The molecule has 2 atom stereocenters. The second-order valence-corrected chi connectivity index (χ2v) is 6.30. The molecule has 1 N–H and O–H groups in total. The van der Waals surface area contributed by atoms with Crippen LogP contribution in [0.3, 0.4) is 0 Å². The molecule has 0 saturated carbocycles. The number of carbonyl (C=O) groups is 1. The standard InChI is InChI=1S/C14H16Cl2N2O2/c15-10-2-1-9(13(16)5-10)3-4-17-7-12-6-11(17)8-18(12)14(19)20/h1-2,5,11-12H,3-4,6-8H2,(H,19,20). The van der Waals surface area contributed by atoms with Gasteiger partial charge in [0.1, 0.15) is 0 Å². The minimum absolute atomic E-state index is 0.165. The number of benzene rings is 1. The van der Waals surface area contributed by atoms with Crippen LogP contribution < -0.4 is 0 Å². The predicted molar refractivity (Wildman–Crippen MR) is 78.7 cm³/mol. The van der Waals surface area contributed by atoms with Gasteiger partial charge in [-0.15, -0.1) is 0 Å². The third-order valence-electron chi connectivity index (χ3n) is 4.28. The van der Waals surface area contributed by atoms with Crippen LogP contribution in [0.4, 0.5) is 4.79 Å². The summed E-state index contributed by atoms with van der Waals surface area (Å²) in [6.07, 6.45) is 1.03. The molecule has 2 saturated heterocycles. The lowest BCUT2D eigenvalue weighted by Gasteiger charge is -2.32. The summed E-state index contributed by atoms with van der Waals surface area (Å²) in [6.45, 7) is 2.38. The van der Waals surface area contributed by atoms with E-state index in [1.165, 1.54) is 0 Å². The molecule has 2 fully saturated rings. The number of carboxylic acid groups (broad SMARTS) is 1. The molecule has 0 aromatic heterocycles. The Morgan fingerprint density at radius 3 is 2.70 bits per heavy atom. The average Bonchev–Trinajstić information content (AvgIpc) is 2.97. The number of hydrogen-bond donors (Lipinski definition) is 1. The summed E-state index contributed by atoms with van der Waals surface area (Å²) in [4.78, 5) is 15.0. The Balaban J connectivity index is 1.58. The van der Waals surface area contributed by atoms with Gasteiger partial charge < -0.3 is 10.0 Å². The highest BCUT2D eigenvalue weighted by Crippen LogP contribution is 2.31. The lowest BCUT2D eigenvalue weighted by molar-refractivity contribution is 0.103. The van der Waals surface area contributed by atoms with Crippen LogP contribution >= 0.6 is 23.2 Å². The molecule has 108 valence electrons. The number of piperazine rings is 1. The van der Waals surface area contributed by atoms with Gasteiger partial charge in [0.15, 0.2) is 0 Å². The van der Waals surface area contributed by atoms with E-state index in [2.05, 4.69) is 4.90 Å². The van der Waals surface area contributed by atoms with E-state index < -0.39 is 6.09 Å². The molecule has 2 bridgehead atoms. The summed E-state index contributed by atoms with van der Waals surface area (Å²) >= 11 is 12.1. The van der Waals surface area contributed by atoms with Gasteiger partial charge in [0.05, 0.1) is 0 Å². The van der Waals surface area contributed by atoms with Gasteiger partial charge in [-0.1, -0.05) is 29.3 Å². The first-order valence-corrected chi connectivity index (χ1v) is 7.47. The first kappa shape index (κ1) is 14.0. The molecule has 2 aliphatic rings. The SMILES string of the molecule is O=C(O)N1CC2CC1CN2CCc1ccc(Cl)cc1Cl. The van der Waals surface area contributed by atoms with Gasteiger partial charge in [0.25, 0.3) is 0 Å². The molecule has 3 rings (SSSR count). The van der Waals surface area contributed by atoms with Crippen molar-refractivity contribution in [3.05, 3.63) is 33.8 Å². The maximum absolute atomic E-state index is 11.0. The van der Waals surface area contributed by atoms with E-state index in [-0.39, 0.29) is 6.04 Å². The predicted octanol–water partition coefficient (Wildman–Crippen LogP) is 2.97. The van der Waals surface area contributed by atoms with Crippen LogP contribution in [0.1, 0.15) is 12.0 Å². The number of fused-ring (bicyclic) bond motifs is 2. The Morgan fingerprint density at radius 1 is 1.30 bits per heavy atom. The molecule has 20 heavy (non-hydrogen) atoms. The van der Waals surface area contributed by atoms with E-state index in [1.807, 2.05) is 12.1 Å². The smallest absolute Gasteiger partial charge is 0.407 e. The van der Waals surface area contributed by atoms with Gasteiger partial charge in [0.2, 0.25) is 0 Å². The molecular weight excluding hydrogens is 299 g/mol. The fourth-order valence-electron chi connectivity index (χ4n) is 3.25. The van der Waals surface area contributed by atoms with Crippen molar-refractivity contribution in [2.24, 2.45) is 0 Å². The zero-order valence-electron chi connectivity index (χ0n) is 10.9. The van der Waals surface area contributed by atoms with Crippen molar-refractivity contribution in [2.45, 2.75) is 24.9 Å². The van der Waals surface area contributed by atoms with Crippen LogP contribution in [0.5, 0.6) is 0 Å². The van der Waals surface area contributed by atoms with Crippen LogP contribution in [0.2, 0.25) is 10.0 Å². The maximum atomic E-state index is 11.0. The molecule has 0 aliphatic carbocycles. The minimum atomic E-state index is -0.794. The largest absolute Gasteiger partial charge is 0.465 e. The second kappa shape index (κ2) is 5.43. The summed E-state index contributed by atoms with van der Waals surface area (Å²) in [5.41, 5.74) is 1.09. The monoisotopic (exact) mass is 314 g/mol. The van der Waals surface area contributed by atoms with Crippen LogP contribution in [0.15, 0.2) is 18.2 Å². The van der Waals surface area contributed by atoms with Crippen molar-refractivity contribution in [1.82, 2.24) is 9.80 Å². The normalized spacial score (nSPS) is 25.4. The minimum Gasteiger partial charge on any atom is -0.465 e. The summed E-state index contributed by atoms with van der Waals surface area (Å²) in [5, 5.41) is 10.4. The average molecular weight is 315 g/mol. The molecule has 2 unspecified atom stereocenters. The van der Waals surface area contributed by atoms with Crippen molar-refractivity contribution in [2.75, 3.05) is 19.6 Å². The Kier molecular flexibility index (Phi) is 3.80. The van der Waals surface area contributed by atoms with Gasteiger partial charge in [-0.3, -0.25) is 4.90 Å². The first-order valence-electron chi connectivity index (χ1n) is 6.72. The number of halogens is 2. The summed E-state index contributed by atoms with van der Waals surface area (Å²) in [5.74, 6) is 0. The van der Waals surface area contributed by atoms with E-state index >= 15 is 0 Å². The van der Waals surface area contributed by atoms with Crippen LogP contribution in [-0.4, -0.2) is 52.7 Å². The third kappa shape index (κ3) is 2.60. The van der Waals surface area contributed by atoms with Gasteiger partial charge in [-0.2, -0.15) is 0 Å². The maximum Gasteiger partial charge on any atom is 0.407 e. The Hall–Kier alpha value is -0.970. The topological polar surface area (TPSA) is 43.8 Å². The zero-order valence-corrected chi connectivity index (χ0v) is 12.4. The molecule has 6 heteroatoms. The number of likely N-dealkylation sites (tertiary alicyclic amines) is 2. The zero-order chi connectivity index (χ0) is 14.3. The molecular formula is C14H16Cl2N2O2. The van der Waals surface area contributed by atoms with Crippen molar-refractivity contribution in [1.29, 1.82) is 0 Å². The van der Waals surface area contributed by atoms with E-state index in [0.29, 0.717) is 22.6 Å². The summed E-state index contributed by atoms with van der Waals surface area (Å²) in [7, 11) is 0. The van der Waals surface area contributed by atoms with E-state index in [4.69, 9.17) is 28.3 Å². The molecule has 2 aliphatic heterocycles. The Morgan fingerprint density at radius 2 is 2.10 bits per heavy atom. The van der Waals surface area contributed by atoms with Crippen LogP contribution in [0.25, 0.3) is 0 Å². The molecule has 0 spiro atoms. The Labute approximate surface area is 127 Å². The van der Waals surface area contributed by atoms with E-state index in [9.17, 15) is 4.79 Å². The van der Waals surface area contributed by atoms with Crippen molar-refractivity contribution in [3.63, 3.8) is 0 Å². The van der Waals surface area contributed by atoms with Gasteiger partial charge in [-0.25, -0.2) is 4.79 Å². The molecule has 4 nitrogen and oxygen atoms in total. The van der Waals surface area contributed by atoms with Crippen LogP contribution in [0, 0.1) is 0 Å². The fraction of sp³-hybridized carbons (Fsp3) is 0.500. The highest BCUT2D eigenvalue weighted by atomic mass is 35.5. The summed E-state index contributed by atoms with van der Waals surface area (Å²) in [6, 6.07) is 6.11. The summed E-state index contributed by atoms with van der Waals surface area (Å²) < 4.78 is 0. The quantitative estimate of drug-likeness (QED) is 0.932. The number of amides is 1. The van der Waals surface area contributed by atoms with E-state index in [0.717, 1.165) is 31.5 Å². The molecule has 1 aromatic carbocycles.